The van der Waals surface area contributed by atoms with E-state index in [2.05, 4.69) is 4.98 Å². The first kappa shape index (κ1) is 18.6. The summed E-state index contributed by atoms with van der Waals surface area (Å²) in [4.78, 5) is 42.0. The number of nitrogens with zero attached hydrogens (tertiary/aromatic N) is 4. The molecule has 1 aromatic carbocycles. The van der Waals surface area contributed by atoms with Crippen LogP contribution in [0.3, 0.4) is 0 Å². The number of carbonyl (C=O) groups is 1. The molecule has 27 heavy (non-hydrogen) atoms. The summed E-state index contributed by atoms with van der Waals surface area (Å²) < 4.78 is 3.84. The van der Waals surface area contributed by atoms with Crippen LogP contribution in [0.25, 0.3) is 11.2 Å². The third-order valence-corrected chi connectivity index (χ3v) is 4.55. The Morgan fingerprint density at radius 3 is 2.41 bits per heavy atom. The number of aryl methyl sites for hydroxylation is 1. The summed E-state index contributed by atoms with van der Waals surface area (Å²) in [5.41, 5.74) is 6.05. The summed E-state index contributed by atoms with van der Waals surface area (Å²) in [6.45, 7) is 1.05. The lowest BCUT2D eigenvalue weighted by atomic mass is 10.2. The quantitative estimate of drug-likeness (QED) is 0.529. The first-order chi connectivity index (χ1) is 12.8. The minimum absolute atomic E-state index is 0.169. The lowest BCUT2D eigenvalue weighted by Gasteiger charge is -2.14. The van der Waals surface area contributed by atoms with Crippen molar-refractivity contribution in [3.63, 3.8) is 0 Å². The van der Waals surface area contributed by atoms with Gasteiger partial charge in [-0.1, -0.05) is 30.3 Å². The number of primary amides is 1. The molecule has 0 radical (unpaired) electrons. The van der Waals surface area contributed by atoms with Gasteiger partial charge in [0.25, 0.3) is 5.56 Å². The highest BCUT2D eigenvalue weighted by molar-refractivity contribution is 5.78. The Hall–Kier alpha value is -3.20. The zero-order chi connectivity index (χ0) is 19.7. The van der Waals surface area contributed by atoms with E-state index < -0.39 is 17.2 Å². The second-order valence-electron chi connectivity index (χ2n) is 6.75. The zero-order valence-electron chi connectivity index (χ0n) is 15.6. The van der Waals surface area contributed by atoms with Gasteiger partial charge in [-0.15, -0.1) is 0 Å². The number of amides is 1. The molecule has 2 aromatic heterocycles. The maximum Gasteiger partial charge on any atom is 0.332 e. The average molecular weight is 371 g/mol. The molecule has 9 heteroatoms. The van der Waals surface area contributed by atoms with Crippen LogP contribution in [-0.4, -0.2) is 31.6 Å². The number of imidazole rings is 1. The standard InChI is InChI=1S/C18H22N6O3/c1-21(9-12-7-5-4-6-8-12)11-14-20-16-15(24(14)10-13(19)25)17(26)23(3)18(27)22(16)2/h4-8H,9-11H2,1-3H3,(H2,19,25)/p+1. The zero-order valence-corrected chi connectivity index (χ0v) is 15.6. The number of carbonyl (C=O) groups excluding carboxylic acids is 1. The number of nitrogens with one attached hydrogen (secondary N) is 1. The SMILES string of the molecule is Cn1c(=O)c2c(nc(C[NH+](C)Cc3ccccc3)n2CC(N)=O)n(C)c1=O. The van der Waals surface area contributed by atoms with Gasteiger partial charge in [0.05, 0.1) is 7.05 Å². The molecule has 0 aliphatic heterocycles. The highest BCUT2D eigenvalue weighted by Gasteiger charge is 2.22. The molecular weight excluding hydrogens is 348 g/mol. The first-order valence-electron chi connectivity index (χ1n) is 8.58. The van der Waals surface area contributed by atoms with E-state index in [1.807, 2.05) is 37.4 Å². The van der Waals surface area contributed by atoms with Crippen LogP contribution in [0, 0.1) is 0 Å². The van der Waals surface area contributed by atoms with Gasteiger partial charge in [-0.2, -0.15) is 0 Å². The minimum Gasteiger partial charge on any atom is -0.368 e. The van der Waals surface area contributed by atoms with Gasteiger partial charge in [-0.3, -0.25) is 18.7 Å². The van der Waals surface area contributed by atoms with E-state index in [0.717, 1.165) is 21.6 Å². The maximum atomic E-state index is 12.6. The third kappa shape index (κ3) is 3.54. The van der Waals surface area contributed by atoms with Gasteiger partial charge in [0.1, 0.15) is 19.6 Å². The molecule has 2 heterocycles. The topological polar surface area (TPSA) is 109 Å². The van der Waals surface area contributed by atoms with Crippen molar-refractivity contribution in [2.24, 2.45) is 19.8 Å². The van der Waals surface area contributed by atoms with Crippen LogP contribution in [0.15, 0.2) is 39.9 Å². The van der Waals surface area contributed by atoms with Gasteiger partial charge in [-0.05, 0) is 0 Å². The van der Waals surface area contributed by atoms with Crippen molar-refractivity contribution in [2.45, 2.75) is 19.6 Å². The molecule has 0 fully saturated rings. The summed E-state index contributed by atoms with van der Waals surface area (Å²) in [6.07, 6.45) is 0. The van der Waals surface area contributed by atoms with Gasteiger partial charge < -0.3 is 15.2 Å². The summed E-state index contributed by atoms with van der Waals surface area (Å²) in [7, 11) is 4.95. The Morgan fingerprint density at radius 2 is 1.78 bits per heavy atom. The van der Waals surface area contributed by atoms with Crippen LogP contribution in [0.4, 0.5) is 0 Å². The van der Waals surface area contributed by atoms with Crippen LogP contribution < -0.4 is 21.9 Å². The van der Waals surface area contributed by atoms with Gasteiger partial charge in [0.2, 0.25) is 5.91 Å². The molecule has 1 unspecified atom stereocenters. The Morgan fingerprint density at radius 1 is 1.11 bits per heavy atom. The molecular formula is C18H23N6O3+. The van der Waals surface area contributed by atoms with Crippen molar-refractivity contribution in [1.82, 2.24) is 18.7 Å². The summed E-state index contributed by atoms with van der Waals surface area (Å²) in [5.74, 6) is -0.0392. The third-order valence-electron chi connectivity index (χ3n) is 4.55. The number of rotatable bonds is 6. The van der Waals surface area contributed by atoms with Crippen molar-refractivity contribution < 1.29 is 9.69 Å². The van der Waals surface area contributed by atoms with Gasteiger partial charge >= 0.3 is 5.69 Å². The van der Waals surface area contributed by atoms with E-state index in [1.165, 1.54) is 16.2 Å². The fraction of sp³-hybridized carbons (Fsp3) is 0.333. The van der Waals surface area contributed by atoms with Crippen LogP contribution in [0.5, 0.6) is 0 Å². The Balaban J connectivity index is 2.07. The van der Waals surface area contributed by atoms with Gasteiger partial charge in [0.15, 0.2) is 17.0 Å². The van der Waals surface area contributed by atoms with E-state index in [1.54, 1.807) is 7.05 Å². The van der Waals surface area contributed by atoms with Crippen molar-refractivity contribution >= 4 is 17.1 Å². The number of quaternary nitrogens is 1. The van der Waals surface area contributed by atoms with Gasteiger partial charge in [-0.25, -0.2) is 9.78 Å². The highest BCUT2D eigenvalue weighted by atomic mass is 16.2. The highest BCUT2D eigenvalue weighted by Crippen LogP contribution is 2.10. The molecule has 3 N–H and O–H groups in total. The number of hydrogen-bond donors (Lipinski definition) is 2. The van der Waals surface area contributed by atoms with E-state index in [4.69, 9.17) is 5.73 Å². The molecule has 0 saturated heterocycles. The van der Waals surface area contributed by atoms with E-state index in [-0.39, 0.29) is 17.7 Å². The predicted molar refractivity (Wildman–Crippen MR) is 100 cm³/mol. The first-order valence-corrected chi connectivity index (χ1v) is 8.58. The number of fused-ring (bicyclic) bond motifs is 1. The van der Waals surface area contributed by atoms with Crippen LogP contribution in [-0.2, 0) is 38.5 Å². The van der Waals surface area contributed by atoms with Crippen molar-refractivity contribution in [3.05, 3.63) is 62.6 Å². The van der Waals surface area contributed by atoms with E-state index in [9.17, 15) is 14.4 Å². The monoisotopic (exact) mass is 371 g/mol. The summed E-state index contributed by atoms with van der Waals surface area (Å²) >= 11 is 0. The predicted octanol–water partition coefficient (Wildman–Crippen LogP) is -1.87. The molecule has 1 amide bonds. The normalized spacial score (nSPS) is 12.4. The molecule has 142 valence electrons. The number of hydrogen-bond acceptors (Lipinski definition) is 4. The fourth-order valence-electron chi connectivity index (χ4n) is 3.23. The summed E-state index contributed by atoms with van der Waals surface area (Å²) in [6, 6.07) is 9.99. The Kier molecular flexibility index (Phi) is 4.95. The molecule has 9 nitrogen and oxygen atoms in total. The van der Waals surface area contributed by atoms with Crippen LogP contribution in [0.1, 0.15) is 11.4 Å². The number of nitrogens with two attached hydrogens (primary N) is 1. The Labute approximate surface area is 155 Å². The smallest absolute Gasteiger partial charge is 0.332 e. The maximum absolute atomic E-state index is 12.6. The lowest BCUT2D eigenvalue weighted by molar-refractivity contribution is -0.908. The van der Waals surface area contributed by atoms with Crippen molar-refractivity contribution in [1.29, 1.82) is 0 Å². The molecule has 3 rings (SSSR count). The molecule has 0 spiro atoms. The molecule has 1 atom stereocenters. The van der Waals surface area contributed by atoms with Crippen LogP contribution in [0.2, 0.25) is 0 Å². The van der Waals surface area contributed by atoms with Crippen molar-refractivity contribution in [3.8, 4) is 0 Å². The Bertz CT molecular complexity index is 1110. The van der Waals surface area contributed by atoms with Crippen LogP contribution >= 0.6 is 0 Å². The molecule has 0 aliphatic carbocycles. The molecule has 0 aliphatic rings. The second kappa shape index (κ2) is 7.20. The summed E-state index contributed by atoms with van der Waals surface area (Å²) in [5, 5.41) is 0. The largest absolute Gasteiger partial charge is 0.368 e. The van der Waals surface area contributed by atoms with E-state index in [0.29, 0.717) is 12.4 Å². The second-order valence-corrected chi connectivity index (χ2v) is 6.75. The van der Waals surface area contributed by atoms with Gasteiger partial charge in [0, 0.05) is 19.7 Å². The lowest BCUT2D eigenvalue weighted by Crippen LogP contribution is -3.06. The average Bonchev–Trinajstić information content (AvgIpc) is 2.96. The van der Waals surface area contributed by atoms with E-state index >= 15 is 0 Å². The molecule has 3 aromatic rings. The number of benzene rings is 1. The number of aromatic nitrogens is 4. The van der Waals surface area contributed by atoms with Crippen molar-refractivity contribution in [2.75, 3.05) is 7.05 Å². The molecule has 0 saturated carbocycles. The molecule has 0 bridgehead atoms. The fourth-order valence-corrected chi connectivity index (χ4v) is 3.23. The minimum atomic E-state index is -0.577.